The maximum absolute atomic E-state index is 13.2. The third-order valence-corrected chi connectivity index (χ3v) is 6.52. The molecule has 3 aliphatic rings. The molecule has 2 aromatic rings. The van der Waals surface area contributed by atoms with Gasteiger partial charge < -0.3 is 19.5 Å². The van der Waals surface area contributed by atoms with Crippen molar-refractivity contribution in [3.63, 3.8) is 0 Å². The largest absolute Gasteiger partial charge is 0.368 e. The average Bonchev–Trinajstić information content (AvgIpc) is 3.51. The minimum absolute atomic E-state index is 0.0264. The molecular formula is C23H25FN4O4. The summed E-state index contributed by atoms with van der Waals surface area (Å²) in [5.74, 6) is -0.168. The van der Waals surface area contributed by atoms with E-state index in [1.807, 2.05) is 0 Å². The maximum Gasteiger partial charge on any atom is 0.256 e. The molecule has 1 aromatic carbocycles. The van der Waals surface area contributed by atoms with Crippen molar-refractivity contribution in [3.8, 4) is 0 Å². The molecule has 0 unspecified atom stereocenters. The molecule has 0 spiro atoms. The summed E-state index contributed by atoms with van der Waals surface area (Å²) in [6.07, 6.45) is 3.26. The van der Waals surface area contributed by atoms with Gasteiger partial charge in [0, 0.05) is 31.7 Å². The summed E-state index contributed by atoms with van der Waals surface area (Å²) in [6.45, 7) is 1.81. The third-order valence-electron chi connectivity index (χ3n) is 6.52. The van der Waals surface area contributed by atoms with Gasteiger partial charge in [0.25, 0.3) is 17.4 Å². The molecule has 2 atom stereocenters. The standard InChI is InChI=1S/C23H25FN4O4/c24-15-7-5-14(6-8-15)22(30)27-11-9-17-16(13-27)21(29)26-20(25-17)18-3-1-10-28(18)23(31)19-4-2-12-32-19/h5-8,18-19H,1-4,9-13H2,(H,25,26,29)/t18-,19-/m1/s1. The predicted octanol–water partition coefficient (Wildman–Crippen LogP) is 1.95. The van der Waals surface area contributed by atoms with Crippen LogP contribution in [0.3, 0.4) is 0 Å². The van der Waals surface area contributed by atoms with Crippen LogP contribution in [0.1, 0.15) is 59.2 Å². The van der Waals surface area contributed by atoms with Crippen molar-refractivity contribution in [1.29, 1.82) is 0 Å². The molecular weight excluding hydrogens is 415 g/mol. The highest BCUT2D eigenvalue weighted by Crippen LogP contribution is 2.32. The summed E-state index contributed by atoms with van der Waals surface area (Å²) in [7, 11) is 0. The number of aromatic amines is 1. The Morgan fingerprint density at radius 1 is 1.12 bits per heavy atom. The van der Waals surface area contributed by atoms with Crippen molar-refractivity contribution >= 4 is 11.8 Å². The summed E-state index contributed by atoms with van der Waals surface area (Å²) in [5, 5.41) is 0. The second-order valence-electron chi connectivity index (χ2n) is 8.55. The van der Waals surface area contributed by atoms with E-state index in [-0.39, 0.29) is 30.0 Å². The highest BCUT2D eigenvalue weighted by atomic mass is 19.1. The number of halogens is 1. The molecule has 2 fully saturated rings. The number of likely N-dealkylation sites (tertiary alicyclic amines) is 1. The van der Waals surface area contributed by atoms with Crippen molar-refractivity contribution in [1.82, 2.24) is 19.8 Å². The van der Waals surface area contributed by atoms with E-state index >= 15 is 0 Å². The number of aromatic nitrogens is 2. The van der Waals surface area contributed by atoms with E-state index in [1.165, 1.54) is 24.3 Å². The third kappa shape index (κ3) is 3.81. The molecule has 1 N–H and O–H groups in total. The number of nitrogens with zero attached hydrogens (tertiary/aromatic N) is 3. The van der Waals surface area contributed by atoms with Crippen molar-refractivity contribution in [2.75, 3.05) is 19.7 Å². The zero-order chi connectivity index (χ0) is 22.2. The number of ether oxygens (including phenoxy) is 1. The number of nitrogens with one attached hydrogen (secondary N) is 1. The van der Waals surface area contributed by atoms with E-state index in [0.717, 1.165) is 25.7 Å². The lowest BCUT2D eigenvalue weighted by molar-refractivity contribution is -0.142. The number of H-pyrrole nitrogens is 1. The van der Waals surface area contributed by atoms with E-state index in [4.69, 9.17) is 9.72 Å². The van der Waals surface area contributed by atoms with E-state index < -0.39 is 11.9 Å². The molecule has 2 amide bonds. The predicted molar refractivity (Wildman–Crippen MR) is 112 cm³/mol. The normalized spacial score (nSPS) is 22.8. The Hall–Kier alpha value is -3.07. The molecule has 0 aliphatic carbocycles. The summed E-state index contributed by atoms with van der Waals surface area (Å²) in [4.78, 5) is 49.5. The SMILES string of the molecule is O=C(c1ccc(F)cc1)N1CCc2nc([C@H]3CCCN3C(=O)[C@H]3CCCO3)[nH]c(=O)c2C1. The van der Waals surface area contributed by atoms with Crippen molar-refractivity contribution in [3.05, 3.63) is 63.1 Å². The zero-order valence-corrected chi connectivity index (χ0v) is 17.7. The fraction of sp³-hybridized carbons (Fsp3) is 0.478. The van der Waals surface area contributed by atoms with Gasteiger partial charge >= 0.3 is 0 Å². The average molecular weight is 440 g/mol. The Morgan fingerprint density at radius 2 is 1.94 bits per heavy atom. The number of carbonyl (C=O) groups is 2. The van der Waals surface area contributed by atoms with E-state index in [2.05, 4.69) is 4.98 Å². The molecule has 4 heterocycles. The molecule has 1 aromatic heterocycles. The van der Waals surface area contributed by atoms with E-state index in [1.54, 1.807) is 9.80 Å². The van der Waals surface area contributed by atoms with Crippen molar-refractivity contribution in [2.45, 2.75) is 50.8 Å². The number of hydrogen-bond acceptors (Lipinski definition) is 5. The first kappa shape index (κ1) is 20.8. The quantitative estimate of drug-likeness (QED) is 0.787. The van der Waals surface area contributed by atoms with Crippen LogP contribution in [-0.2, 0) is 22.5 Å². The summed E-state index contributed by atoms with van der Waals surface area (Å²) < 4.78 is 18.7. The van der Waals surface area contributed by atoms with Gasteiger partial charge in [-0.1, -0.05) is 0 Å². The summed E-state index contributed by atoms with van der Waals surface area (Å²) in [5.41, 5.74) is 1.23. The maximum atomic E-state index is 13.2. The Morgan fingerprint density at radius 3 is 2.69 bits per heavy atom. The number of carbonyl (C=O) groups excluding carboxylic acids is 2. The van der Waals surface area contributed by atoms with Gasteiger partial charge in [0.05, 0.1) is 23.8 Å². The van der Waals surface area contributed by atoms with Gasteiger partial charge in [-0.3, -0.25) is 14.4 Å². The number of benzene rings is 1. The molecule has 5 rings (SSSR count). The van der Waals surface area contributed by atoms with Gasteiger partial charge in [-0.25, -0.2) is 9.37 Å². The van der Waals surface area contributed by atoms with Crippen LogP contribution in [0.4, 0.5) is 4.39 Å². The molecule has 32 heavy (non-hydrogen) atoms. The fourth-order valence-corrected chi connectivity index (χ4v) is 4.82. The van der Waals surface area contributed by atoms with Crippen LogP contribution >= 0.6 is 0 Å². The van der Waals surface area contributed by atoms with Crippen LogP contribution < -0.4 is 5.56 Å². The van der Waals surface area contributed by atoms with Crippen LogP contribution in [0, 0.1) is 5.82 Å². The Balaban J connectivity index is 1.36. The van der Waals surface area contributed by atoms with Crippen LogP contribution in [0.2, 0.25) is 0 Å². The number of fused-ring (bicyclic) bond motifs is 1. The van der Waals surface area contributed by atoms with Crippen molar-refractivity contribution < 1.29 is 18.7 Å². The van der Waals surface area contributed by atoms with Gasteiger partial charge in [0.2, 0.25) is 0 Å². The first-order chi connectivity index (χ1) is 15.5. The highest BCUT2D eigenvalue weighted by Gasteiger charge is 2.37. The zero-order valence-electron chi connectivity index (χ0n) is 17.7. The lowest BCUT2D eigenvalue weighted by Crippen LogP contribution is -2.42. The molecule has 0 saturated carbocycles. The van der Waals surface area contributed by atoms with Gasteiger partial charge in [-0.15, -0.1) is 0 Å². The van der Waals surface area contributed by atoms with Crippen LogP contribution in [0.5, 0.6) is 0 Å². The Kier molecular flexibility index (Phi) is 5.50. The molecule has 168 valence electrons. The Labute approximate surface area is 184 Å². The van der Waals surface area contributed by atoms with Gasteiger partial charge in [-0.05, 0) is 49.9 Å². The highest BCUT2D eigenvalue weighted by molar-refractivity contribution is 5.94. The van der Waals surface area contributed by atoms with Gasteiger partial charge in [-0.2, -0.15) is 0 Å². The van der Waals surface area contributed by atoms with Crippen LogP contribution in [-0.4, -0.2) is 57.4 Å². The number of rotatable bonds is 3. The minimum atomic E-state index is -0.405. The molecule has 0 radical (unpaired) electrons. The topological polar surface area (TPSA) is 95.6 Å². The fourth-order valence-electron chi connectivity index (χ4n) is 4.82. The first-order valence-corrected chi connectivity index (χ1v) is 11.1. The minimum Gasteiger partial charge on any atom is -0.368 e. The van der Waals surface area contributed by atoms with E-state index in [9.17, 15) is 18.8 Å². The summed E-state index contributed by atoms with van der Waals surface area (Å²) >= 11 is 0. The van der Waals surface area contributed by atoms with Crippen molar-refractivity contribution in [2.24, 2.45) is 0 Å². The smallest absolute Gasteiger partial charge is 0.256 e. The lowest BCUT2D eigenvalue weighted by Gasteiger charge is -2.30. The lowest BCUT2D eigenvalue weighted by atomic mass is 10.0. The van der Waals surface area contributed by atoms with E-state index in [0.29, 0.717) is 48.8 Å². The summed E-state index contributed by atoms with van der Waals surface area (Å²) in [6, 6.07) is 5.12. The number of amides is 2. The van der Waals surface area contributed by atoms with Crippen LogP contribution in [0.25, 0.3) is 0 Å². The second-order valence-corrected chi connectivity index (χ2v) is 8.55. The van der Waals surface area contributed by atoms with Crippen LogP contribution in [0.15, 0.2) is 29.1 Å². The van der Waals surface area contributed by atoms with Gasteiger partial charge in [0.15, 0.2) is 0 Å². The number of hydrogen-bond donors (Lipinski definition) is 1. The first-order valence-electron chi connectivity index (χ1n) is 11.1. The van der Waals surface area contributed by atoms with Gasteiger partial charge in [0.1, 0.15) is 17.7 Å². The molecule has 3 aliphatic heterocycles. The second kappa shape index (κ2) is 8.46. The molecule has 8 nitrogen and oxygen atoms in total. The molecule has 9 heteroatoms. The molecule has 2 saturated heterocycles. The Bertz CT molecular complexity index is 1090. The molecule has 0 bridgehead atoms. The monoisotopic (exact) mass is 440 g/mol.